The smallest absolute Gasteiger partial charge is 0.417 e. The Morgan fingerprint density at radius 2 is 2.19 bits per heavy atom. The summed E-state index contributed by atoms with van der Waals surface area (Å²) in [4.78, 5) is 14.9. The van der Waals surface area contributed by atoms with Gasteiger partial charge in [0.15, 0.2) is 0 Å². The molecule has 1 heterocycles. The monoisotopic (exact) mass is 320 g/mol. The maximum Gasteiger partial charge on any atom is 0.417 e. The predicted molar refractivity (Wildman–Crippen MR) is 71.9 cm³/mol. The van der Waals surface area contributed by atoms with Crippen LogP contribution < -0.4 is 5.73 Å². The minimum absolute atomic E-state index is 0.0518. The Bertz CT molecular complexity index is 521. The molecule has 3 N–H and O–H groups in total. The maximum absolute atomic E-state index is 12.4. The number of alkyl halides is 3. The van der Waals surface area contributed by atoms with Gasteiger partial charge in [0.25, 0.3) is 0 Å². The largest absolute Gasteiger partial charge is 0.480 e. The molecule has 2 unspecified atom stereocenters. The number of nitrogens with two attached hydrogens (primary N) is 1. The molecule has 0 aliphatic heterocycles. The van der Waals surface area contributed by atoms with Crippen LogP contribution in [-0.2, 0) is 11.0 Å². The van der Waals surface area contributed by atoms with Crippen molar-refractivity contribution in [2.24, 2.45) is 5.73 Å². The number of carboxylic acids is 1. The fourth-order valence-corrected chi connectivity index (χ4v) is 3.61. The summed E-state index contributed by atoms with van der Waals surface area (Å²) in [5.74, 6) is -1.03. The Kier molecular flexibility index (Phi) is 4.48. The van der Waals surface area contributed by atoms with Crippen LogP contribution >= 0.6 is 11.8 Å². The second-order valence-corrected chi connectivity index (χ2v) is 6.50. The molecule has 0 saturated heterocycles. The van der Waals surface area contributed by atoms with Gasteiger partial charge in [0.05, 0.1) is 10.6 Å². The van der Waals surface area contributed by atoms with Crippen LogP contribution in [-0.4, -0.2) is 26.8 Å². The Morgan fingerprint density at radius 3 is 2.71 bits per heavy atom. The van der Waals surface area contributed by atoms with Gasteiger partial charge in [-0.2, -0.15) is 13.2 Å². The highest BCUT2D eigenvalue weighted by molar-refractivity contribution is 7.99. The van der Waals surface area contributed by atoms with Gasteiger partial charge < -0.3 is 10.8 Å². The van der Waals surface area contributed by atoms with Crippen LogP contribution in [0.2, 0.25) is 0 Å². The maximum atomic E-state index is 12.4. The van der Waals surface area contributed by atoms with E-state index in [0.717, 1.165) is 18.7 Å². The number of aromatic nitrogens is 1. The molecule has 1 aliphatic carbocycles. The third-order valence-electron chi connectivity index (χ3n) is 3.52. The van der Waals surface area contributed by atoms with E-state index in [0.29, 0.717) is 17.9 Å². The van der Waals surface area contributed by atoms with E-state index in [9.17, 15) is 18.0 Å². The lowest BCUT2D eigenvalue weighted by molar-refractivity contribution is -0.144. The Morgan fingerprint density at radius 1 is 1.48 bits per heavy atom. The average Bonchev–Trinajstić information content (AvgIpc) is 2.38. The first-order chi connectivity index (χ1) is 9.71. The molecule has 1 fully saturated rings. The number of carbonyl (C=O) groups is 1. The van der Waals surface area contributed by atoms with Gasteiger partial charge >= 0.3 is 12.1 Å². The van der Waals surface area contributed by atoms with Gasteiger partial charge in [-0.15, -0.1) is 11.8 Å². The molecule has 1 saturated carbocycles. The summed E-state index contributed by atoms with van der Waals surface area (Å²) in [5.41, 5.74) is 3.80. The molecule has 1 aromatic heterocycles. The van der Waals surface area contributed by atoms with Gasteiger partial charge in [-0.25, -0.2) is 4.98 Å². The Hall–Kier alpha value is -1.28. The highest BCUT2D eigenvalue weighted by Gasteiger charge is 2.39. The number of hydrogen-bond acceptors (Lipinski definition) is 4. The van der Waals surface area contributed by atoms with Gasteiger partial charge in [0.2, 0.25) is 0 Å². The topological polar surface area (TPSA) is 76.2 Å². The standard InChI is InChI=1S/C13H15F3N2O2S/c14-13(15,16)8-3-4-10(18-7-8)21-9-2-1-5-12(17,6-9)11(19)20/h3-4,7,9H,1-2,5-6,17H2,(H,19,20). The molecule has 2 rings (SSSR count). The van der Waals surface area contributed by atoms with E-state index in [2.05, 4.69) is 4.98 Å². The molecule has 4 nitrogen and oxygen atoms in total. The Balaban J connectivity index is 2.03. The van der Waals surface area contributed by atoms with Crippen molar-refractivity contribution in [1.82, 2.24) is 4.98 Å². The lowest BCUT2D eigenvalue weighted by Crippen LogP contribution is -2.51. The van der Waals surface area contributed by atoms with Gasteiger partial charge in [-0.05, 0) is 37.8 Å². The first-order valence-electron chi connectivity index (χ1n) is 6.43. The molecule has 0 aromatic carbocycles. The minimum atomic E-state index is -4.41. The second kappa shape index (κ2) is 5.84. The molecule has 2 atom stereocenters. The number of aliphatic carboxylic acids is 1. The van der Waals surface area contributed by atoms with E-state index in [1.54, 1.807) is 0 Å². The Labute approximate surface area is 123 Å². The quantitative estimate of drug-likeness (QED) is 0.895. The second-order valence-electron chi connectivity index (χ2n) is 5.18. The van der Waals surface area contributed by atoms with E-state index in [-0.39, 0.29) is 11.7 Å². The molecule has 8 heteroatoms. The van der Waals surface area contributed by atoms with Crippen LogP contribution in [0.1, 0.15) is 31.2 Å². The lowest BCUT2D eigenvalue weighted by atomic mass is 9.82. The van der Waals surface area contributed by atoms with Crippen molar-refractivity contribution in [2.45, 2.75) is 47.7 Å². The minimum Gasteiger partial charge on any atom is -0.480 e. The predicted octanol–water partition coefficient (Wildman–Crippen LogP) is 2.92. The number of halogens is 3. The van der Waals surface area contributed by atoms with Crippen molar-refractivity contribution < 1.29 is 23.1 Å². The summed E-state index contributed by atoms with van der Waals surface area (Å²) < 4.78 is 37.3. The summed E-state index contributed by atoms with van der Waals surface area (Å²) in [6.07, 6.45) is -1.45. The zero-order valence-electron chi connectivity index (χ0n) is 11.1. The van der Waals surface area contributed by atoms with Crippen molar-refractivity contribution in [2.75, 3.05) is 0 Å². The summed E-state index contributed by atoms with van der Waals surface area (Å²) in [5, 5.41) is 9.53. The zero-order chi connectivity index (χ0) is 15.7. The summed E-state index contributed by atoms with van der Waals surface area (Å²) in [7, 11) is 0. The van der Waals surface area contributed by atoms with E-state index in [1.807, 2.05) is 0 Å². The van der Waals surface area contributed by atoms with Gasteiger partial charge in [-0.3, -0.25) is 4.79 Å². The molecule has 1 aromatic rings. The fraction of sp³-hybridized carbons (Fsp3) is 0.538. The zero-order valence-corrected chi connectivity index (χ0v) is 11.9. The molecule has 1 aliphatic rings. The van der Waals surface area contributed by atoms with Crippen molar-refractivity contribution in [3.05, 3.63) is 23.9 Å². The van der Waals surface area contributed by atoms with Crippen LogP contribution in [0.4, 0.5) is 13.2 Å². The number of nitrogens with zero attached hydrogens (tertiary/aromatic N) is 1. The number of thioether (sulfide) groups is 1. The fourth-order valence-electron chi connectivity index (χ4n) is 2.34. The number of carboxylic acid groups (broad SMARTS) is 1. The van der Waals surface area contributed by atoms with E-state index in [1.165, 1.54) is 17.8 Å². The number of pyridine rings is 1. The molecule has 0 amide bonds. The number of hydrogen-bond donors (Lipinski definition) is 2. The van der Waals surface area contributed by atoms with Crippen molar-refractivity contribution in [1.29, 1.82) is 0 Å². The van der Waals surface area contributed by atoms with Crippen LogP contribution in [0, 0.1) is 0 Å². The summed E-state index contributed by atoms with van der Waals surface area (Å²) in [6, 6.07) is 2.28. The molecule has 0 spiro atoms. The third kappa shape index (κ3) is 3.88. The van der Waals surface area contributed by atoms with Crippen LogP contribution in [0.25, 0.3) is 0 Å². The van der Waals surface area contributed by atoms with E-state index < -0.39 is 23.2 Å². The van der Waals surface area contributed by atoms with Crippen LogP contribution in [0.3, 0.4) is 0 Å². The average molecular weight is 320 g/mol. The van der Waals surface area contributed by atoms with Crippen LogP contribution in [0.5, 0.6) is 0 Å². The first-order valence-corrected chi connectivity index (χ1v) is 7.31. The van der Waals surface area contributed by atoms with E-state index >= 15 is 0 Å². The molecule has 116 valence electrons. The highest BCUT2D eigenvalue weighted by Crippen LogP contribution is 2.37. The first kappa shape index (κ1) is 16.1. The van der Waals surface area contributed by atoms with Crippen molar-refractivity contribution in [3.63, 3.8) is 0 Å². The summed E-state index contributed by atoms with van der Waals surface area (Å²) in [6.45, 7) is 0. The molecule has 0 radical (unpaired) electrons. The SMILES string of the molecule is NC1(C(=O)O)CCCC(Sc2ccc(C(F)(F)F)cn2)C1. The third-order valence-corrected chi connectivity index (χ3v) is 4.74. The van der Waals surface area contributed by atoms with Gasteiger partial charge in [0, 0.05) is 11.4 Å². The van der Waals surface area contributed by atoms with Crippen molar-refractivity contribution in [3.8, 4) is 0 Å². The molecule has 0 bridgehead atoms. The summed E-state index contributed by atoms with van der Waals surface area (Å²) >= 11 is 1.28. The van der Waals surface area contributed by atoms with E-state index in [4.69, 9.17) is 10.8 Å². The van der Waals surface area contributed by atoms with Crippen molar-refractivity contribution >= 4 is 17.7 Å². The lowest BCUT2D eigenvalue weighted by Gasteiger charge is -2.33. The van der Waals surface area contributed by atoms with Gasteiger partial charge in [0.1, 0.15) is 5.54 Å². The molecule has 21 heavy (non-hydrogen) atoms. The van der Waals surface area contributed by atoms with Crippen LogP contribution in [0.15, 0.2) is 23.4 Å². The normalized spacial score (nSPS) is 26.6. The highest BCUT2D eigenvalue weighted by atomic mass is 32.2. The molecular formula is C13H15F3N2O2S. The van der Waals surface area contributed by atoms with Gasteiger partial charge in [-0.1, -0.05) is 0 Å². The molecular weight excluding hydrogens is 305 g/mol. The number of rotatable bonds is 3.